The van der Waals surface area contributed by atoms with E-state index in [-0.39, 0.29) is 10.7 Å². The Morgan fingerprint density at radius 3 is 2.81 bits per heavy atom. The number of hydrogen-bond acceptors (Lipinski definition) is 6. The minimum Gasteiger partial charge on any atom is -0.370 e. The summed E-state index contributed by atoms with van der Waals surface area (Å²) in [5.41, 5.74) is 1.69. The Labute approximate surface area is 180 Å². The number of benzene rings is 1. The number of halogens is 2. The number of carbonyl (C=O) groups is 2. The largest absolute Gasteiger partial charge is 0.370 e. The van der Waals surface area contributed by atoms with Gasteiger partial charge in [0.1, 0.15) is 23.1 Å². The summed E-state index contributed by atoms with van der Waals surface area (Å²) in [7, 11) is 0. The summed E-state index contributed by atoms with van der Waals surface area (Å²) in [6.07, 6.45) is 5.45. The van der Waals surface area contributed by atoms with E-state index in [0.717, 1.165) is 6.54 Å². The molecule has 2 aromatic heterocycles. The molecule has 1 aliphatic heterocycles. The molecular weight excluding hydrogens is 425 g/mol. The molecule has 1 aromatic carbocycles. The number of imide groups is 1. The van der Waals surface area contributed by atoms with Gasteiger partial charge in [0.2, 0.25) is 0 Å². The smallest absolute Gasteiger partial charge is 0.326 e. The summed E-state index contributed by atoms with van der Waals surface area (Å²) in [5.74, 6) is 0.784. The Morgan fingerprint density at radius 2 is 2.10 bits per heavy atom. The molecule has 0 spiro atoms. The number of aromatic nitrogens is 3. The highest BCUT2D eigenvalue weighted by atomic mass is 35.5. The van der Waals surface area contributed by atoms with Crippen LogP contribution >= 0.6 is 11.6 Å². The summed E-state index contributed by atoms with van der Waals surface area (Å²) >= 11 is 5.88. The van der Waals surface area contributed by atoms with Crippen LogP contribution < -0.4 is 21.3 Å². The van der Waals surface area contributed by atoms with Crippen LogP contribution in [0.15, 0.2) is 36.2 Å². The molecule has 4 N–H and O–H groups in total. The minimum absolute atomic E-state index is 0.00378. The van der Waals surface area contributed by atoms with Crippen molar-refractivity contribution in [2.45, 2.75) is 12.8 Å². The highest BCUT2D eigenvalue weighted by Crippen LogP contribution is 2.30. The molecule has 3 heterocycles. The third-order valence-electron chi connectivity index (χ3n) is 4.98. The van der Waals surface area contributed by atoms with Gasteiger partial charge in [-0.2, -0.15) is 9.61 Å². The van der Waals surface area contributed by atoms with E-state index in [4.69, 9.17) is 11.6 Å². The third-order valence-corrected chi connectivity index (χ3v) is 5.27. The van der Waals surface area contributed by atoms with Gasteiger partial charge in [0.25, 0.3) is 5.91 Å². The van der Waals surface area contributed by atoms with Crippen LogP contribution in [0.3, 0.4) is 0 Å². The van der Waals surface area contributed by atoms with Gasteiger partial charge in [-0.25, -0.2) is 14.2 Å². The van der Waals surface area contributed by atoms with Crippen LogP contribution in [0.5, 0.6) is 0 Å². The first-order chi connectivity index (χ1) is 15.0. The Hall–Kier alpha value is -3.66. The van der Waals surface area contributed by atoms with E-state index in [0.29, 0.717) is 34.5 Å². The number of fused-ring (bicyclic) bond motifs is 1. The van der Waals surface area contributed by atoms with Crippen LogP contribution in [-0.4, -0.2) is 33.1 Å². The van der Waals surface area contributed by atoms with Gasteiger partial charge in [-0.1, -0.05) is 11.6 Å². The lowest BCUT2D eigenvalue weighted by Crippen LogP contribution is -2.22. The fourth-order valence-corrected chi connectivity index (χ4v) is 3.38. The molecule has 9 nitrogen and oxygen atoms in total. The maximum atomic E-state index is 13.5. The van der Waals surface area contributed by atoms with Gasteiger partial charge in [-0.15, -0.1) is 0 Å². The lowest BCUT2D eigenvalue weighted by Gasteiger charge is -2.12. The number of rotatable bonds is 6. The first-order valence-electron chi connectivity index (χ1n) is 9.65. The number of anilines is 3. The zero-order chi connectivity index (χ0) is 21.5. The van der Waals surface area contributed by atoms with Gasteiger partial charge >= 0.3 is 6.03 Å². The van der Waals surface area contributed by atoms with Crippen molar-refractivity contribution < 1.29 is 14.0 Å². The number of nitrogens with zero attached hydrogens (tertiary/aromatic N) is 3. The van der Waals surface area contributed by atoms with Gasteiger partial charge in [0.15, 0.2) is 5.65 Å². The van der Waals surface area contributed by atoms with Crippen LogP contribution in [-0.2, 0) is 4.79 Å². The normalized spacial score (nSPS) is 17.2. The van der Waals surface area contributed by atoms with Crippen LogP contribution in [0.25, 0.3) is 11.7 Å². The average Bonchev–Trinajstić information content (AvgIpc) is 3.40. The molecule has 1 saturated heterocycles. The number of urea groups is 1. The topological polar surface area (TPSA) is 112 Å². The lowest BCUT2D eigenvalue weighted by atomic mass is 10.2. The Bertz CT molecular complexity index is 1250. The number of amides is 3. The standard InChI is InChI=1S/C20H17ClFN7O2/c21-13-6-12(3-4-14(13)22)25-16-7-17(23-8-10-1-2-10)29-18(27-16)11(9-24-29)5-15-19(30)28-20(31)26-15/h3-7,9-10,23H,1-2,8H2,(H,25,27)(H2,26,28,30,31). The van der Waals surface area contributed by atoms with E-state index in [1.165, 1.54) is 31.1 Å². The molecule has 1 aliphatic carbocycles. The maximum absolute atomic E-state index is 13.5. The second-order valence-electron chi connectivity index (χ2n) is 7.41. The van der Waals surface area contributed by atoms with Crippen molar-refractivity contribution in [3.05, 3.63) is 52.6 Å². The second-order valence-corrected chi connectivity index (χ2v) is 7.81. The summed E-state index contributed by atoms with van der Waals surface area (Å²) < 4.78 is 15.1. The Balaban J connectivity index is 1.54. The zero-order valence-electron chi connectivity index (χ0n) is 16.1. The van der Waals surface area contributed by atoms with Gasteiger partial charge in [-0.05, 0) is 43.0 Å². The molecule has 0 radical (unpaired) electrons. The SMILES string of the molecule is O=C1NC(=O)C(=Cc2cnn3c(NCC4CC4)cc(Nc4ccc(F)c(Cl)c4)nc23)N1. The molecule has 3 aromatic rings. The van der Waals surface area contributed by atoms with Crippen molar-refractivity contribution in [2.24, 2.45) is 5.92 Å². The molecule has 0 unspecified atom stereocenters. The molecule has 31 heavy (non-hydrogen) atoms. The third kappa shape index (κ3) is 4.02. The van der Waals surface area contributed by atoms with E-state index >= 15 is 0 Å². The predicted molar refractivity (Wildman–Crippen MR) is 114 cm³/mol. The molecule has 0 bridgehead atoms. The molecule has 0 atom stereocenters. The van der Waals surface area contributed by atoms with Crippen molar-refractivity contribution in [1.29, 1.82) is 0 Å². The molecule has 1 saturated carbocycles. The monoisotopic (exact) mass is 441 g/mol. The minimum atomic E-state index is -0.581. The van der Waals surface area contributed by atoms with Crippen LogP contribution in [0.4, 0.5) is 26.5 Å². The first kappa shape index (κ1) is 19.3. The summed E-state index contributed by atoms with van der Waals surface area (Å²) in [5, 5.41) is 15.5. The summed E-state index contributed by atoms with van der Waals surface area (Å²) in [6.45, 7) is 0.801. The van der Waals surface area contributed by atoms with Gasteiger partial charge in [-0.3, -0.25) is 10.1 Å². The number of hydrogen-bond donors (Lipinski definition) is 4. The molecular formula is C20H17ClFN7O2. The molecule has 158 valence electrons. The molecule has 11 heteroatoms. The number of nitrogens with one attached hydrogen (secondary N) is 4. The zero-order valence-corrected chi connectivity index (χ0v) is 16.8. The van der Waals surface area contributed by atoms with Crippen molar-refractivity contribution in [1.82, 2.24) is 25.2 Å². The fourth-order valence-electron chi connectivity index (χ4n) is 3.20. The van der Waals surface area contributed by atoms with Crippen LogP contribution in [0.1, 0.15) is 18.4 Å². The van der Waals surface area contributed by atoms with Gasteiger partial charge < -0.3 is 16.0 Å². The van der Waals surface area contributed by atoms with E-state index in [1.807, 2.05) is 0 Å². The summed E-state index contributed by atoms with van der Waals surface area (Å²) in [6, 6.07) is 5.51. The van der Waals surface area contributed by atoms with Gasteiger partial charge in [0.05, 0.1) is 11.2 Å². The maximum Gasteiger partial charge on any atom is 0.326 e. The predicted octanol–water partition coefficient (Wildman–Crippen LogP) is 3.27. The second kappa shape index (κ2) is 7.55. The van der Waals surface area contributed by atoms with E-state index < -0.39 is 17.8 Å². The average molecular weight is 442 g/mol. The summed E-state index contributed by atoms with van der Waals surface area (Å²) in [4.78, 5) is 27.9. The molecule has 2 fully saturated rings. The van der Waals surface area contributed by atoms with Crippen molar-refractivity contribution in [3.63, 3.8) is 0 Å². The van der Waals surface area contributed by atoms with E-state index in [2.05, 4.69) is 31.3 Å². The van der Waals surface area contributed by atoms with Gasteiger partial charge in [0, 0.05) is 23.9 Å². The highest BCUT2D eigenvalue weighted by Gasteiger charge is 2.24. The van der Waals surface area contributed by atoms with E-state index in [1.54, 1.807) is 22.8 Å². The molecule has 3 amide bonds. The van der Waals surface area contributed by atoms with Crippen molar-refractivity contribution >= 4 is 52.6 Å². The Kier molecular flexibility index (Phi) is 4.70. The quantitative estimate of drug-likeness (QED) is 0.345. The molecule has 5 rings (SSSR count). The van der Waals surface area contributed by atoms with E-state index in [9.17, 15) is 14.0 Å². The Morgan fingerprint density at radius 1 is 1.26 bits per heavy atom. The fraction of sp³-hybridized carbons (Fsp3) is 0.200. The van der Waals surface area contributed by atoms with Crippen LogP contribution in [0.2, 0.25) is 5.02 Å². The first-order valence-corrected chi connectivity index (χ1v) is 10.0. The molecule has 2 aliphatic rings. The van der Waals surface area contributed by atoms with Crippen molar-refractivity contribution in [3.8, 4) is 0 Å². The van der Waals surface area contributed by atoms with Crippen LogP contribution in [0, 0.1) is 11.7 Å². The van der Waals surface area contributed by atoms with Crippen molar-refractivity contribution in [2.75, 3.05) is 17.2 Å². The highest BCUT2D eigenvalue weighted by molar-refractivity contribution is 6.31. The number of carbonyl (C=O) groups excluding carboxylic acids is 2. The lowest BCUT2D eigenvalue weighted by molar-refractivity contribution is -0.115.